The fraction of sp³-hybridized carbons (Fsp3) is 0.143. The third-order valence-corrected chi connectivity index (χ3v) is 1.52. The first-order valence-corrected chi connectivity index (χ1v) is 3.14. The zero-order valence-corrected chi connectivity index (χ0v) is 5.86. The zero-order valence-electron chi connectivity index (χ0n) is 5.10. The molecule has 1 aromatic carbocycles. The van der Waals surface area contributed by atoms with Gasteiger partial charge in [-0.05, 0) is 17.7 Å². The van der Waals surface area contributed by atoms with Crippen molar-refractivity contribution in [2.45, 2.75) is 6.61 Å². The van der Waals surface area contributed by atoms with Gasteiger partial charge in [0, 0.05) is 5.02 Å². The molecule has 0 heterocycles. The van der Waals surface area contributed by atoms with Gasteiger partial charge in [0.25, 0.3) is 0 Å². The van der Waals surface area contributed by atoms with Crippen LogP contribution in [0.3, 0.4) is 0 Å². The molecule has 1 rings (SSSR count). The third kappa shape index (κ3) is 1.46. The topological polar surface area (TPSA) is 19.9 Å². The molecule has 0 saturated heterocycles. The Labute approximate surface area is 63.1 Å². The van der Waals surface area contributed by atoms with Crippen LogP contribution in [0.1, 0.15) is 5.56 Å². The molecule has 0 aliphatic rings. The van der Waals surface area contributed by atoms with E-state index in [4.69, 9.17) is 11.6 Å². The molecule has 0 aliphatic carbocycles. The van der Waals surface area contributed by atoms with Crippen molar-refractivity contribution in [1.29, 1.82) is 0 Å². The molecular formula is C7H5ClFO. The molecule has 0 aliphatic heterocycles. The van der Waals surface area contributed by atoms with Gasteiger partial charge in [0.15, 0.2) is 0 Å². The summed E-state index contributed by atoms with van der Waals surface area (Å²) in [6.45, 7) is -0.404. The van der Waals surface area contributed by atoms with Crippen molar-refractivity contribution in [3.63, 3.8) is 0 Å². The van der Waals surface area contributed by atoms with E-state index in [9.17, 15) is 9.50 Å². The Kier molecular flexibility index (Phi) is 2.25. The summed E-state index contributed by atoms with van der Waals surface area (Å²) < 4.78 is 12.3. The van der Waals surface area contributed by atoms with Gasteiger partial charge < -0.3 is 0 Å². The predicted molar refractivity (Wildman–Crippen MR) is 35.8 cm³/mol. The number of benzene rings is 1. The summed E-state index contributed by atoms with van der Waals surface area (Å²) >= 11 is 5.49. The molecule has 10 heavy (non-hydrogen) atoms. The van der Waals surface area contributed by atoms with E-state index < -0.39 is 12.4 Å². The highest BCUT2D eigenvalue weighted by Crippen LogP contribution is 2.16. The smallest absolute Gasteiger partial charge is 0.124 e. The van der Waals surface area contributed by atoms with Crippen LogP contribution < -0.4 is 0 Å². The molecule has 3 heteroatoms. The normalized spacial score (nSPS) is 9.90. The molecule has 53 valence electrons. The van der Waals surface area contributed by atoms with E-state index in [1.807, 2.05) is 0 Å². The lowest BCUT2D eigenvalue weighted by molar-refractivity contribution is 0.177. The van der Waals surface area contributed by atoms with Gasteiger partial charge in [-0.15, -0.1) is 0 Å². The first-order chi connectivity index (χ1) is 4.74. The third-order valence-electron chi connectivity index (χ3n) is 1.17. The Bertz CT molecular complexity index is 237. The Morgan fingerprint density at radius 3 is 2.70 bits per heavy atom. The molecule has 0 bridgehead atoms. The second-order valence-electron chi connectivity index (χ2n) is 1.88. The van der Waals surface area contributed by atoms with Gasteiger partial charge in [-0.1, -0.05) is 17.7 Å². The summed E-state index contributed by atoms with van der Waals surface area (Å²) in [5.41, 5.74) is 0.433. The lowest BCUT2D eigenvalue weighted by atomic mass is 10.2. The van der Waals surface area contributed by atoms with Crippen LogP contribution in [0.2, 0.25) is 5.02 Å². The minimum atomic E-state index is -0.415. The van der Waals surface area contributed by atoms with Crippen LogP contribution in [0.5, 0.6) is 0 Å². The van der Waals surface area contributed by atoms with E-state index in [0.717, 1.165) is 6.07 Å². The standard InChI is InChI=1S/C7H5ClFO/c8-7-3-6(9)2-1-5(7)4-10/h1-3H,4H2. The summed E-state index contributed by atoms with van der Waals surface area (Å²) in [5.74, 6) is -0.415. The monoisotopic (exact) mass is 159 g/mol. The van der Waals surface area contributed by atoms with Crippen molar-refractivity contribution >= 4 is 11.6 Å². The number of hydrogen-bond donors (Lipinski definition) is 0. The molecule has 0 spiro atoms. The van der Waals surface area contributed by atoms with Crippen LogP contribution in [-0.4, -0.2) is 0 Å². The predicted octanol–water partition coefficient (Wildman–Crippen LogP) is 2.41. The quantitative estimate of drug-likeness (QED) is 0.600. The lowest BCUT2D eigenvalue weighted by Gasteiger charge is -1.96. The molecule has 0 fully saturated rings. The van der Waals surface area contributed by atoms with Crippen LogP contribution in [0.15, 0.2) is 18.2 Å². The summed E-state index contributed by atoms with van der Waals surface area (Å²) in [6, 6.07) is 3.75. The van der Waals surface area contributed by atoms with E-state index in [-0.39, 0.29) is 5.02 Å². The molecule has 0 N–H and O–H groups in total. The van der Waals surface area contributed by atoms with E-state index in [0.29, 0.717) is 5.56 Å². The molecule has 1 aromatic rings. The summed E-state index contributed by atoms with van der Waals surface area (Å²) in [5, 5.41) is 10.5. The van der Waals surface area contributed by atoms with Crippen molar-refractivity contribution in [3.8, 4) is 0 Å². The van der Waals surface area contributed by atoms with E-state index in [2.05, 4.69) is 0 Å². The highest BCUT2D eigenvalue weighted by molar-refractivity contribution is 6.31. The second kappa shape index (κ2) is 2.99. The number of halogens is 2. The van der Waals surface area contributed by atoms with Gasteiger partial charge in [0.1, 0.15) is 12.4 Å². The first kappa shape index (κ1) is 7.51. The van der Waals surface area contributed by atoms with E-state index in [1.165, 1.54) is 12.1 Å². The molecular weight excluding hydrogens is 155 g/mol. The fourth-order valence-electron chi connectivity index (χ4n) is 0.639. The Morgan fingerprint density at radius 1 is 1.50 bits per heavy atom. The van der Waals surface area contributed by atoms with Gasteiger partial charge in [0.05, 0.1) is 0 Å². The highest BCUT2D eigenvalue weighted by Gasteiger charge is 1.99. The maximum atomic E-state index is 12.3. The first-order valence-electron chi connectivity index (χ1n) is 2.76. The van der Waals surface area contributed by atoms with Gasteiger partial charge in [0.2, 0.25) is 0 Å². The van der Waals surface area contributed by atoms with Crippen molar-refractivity contribution in [1.82, 2.24) is 0 Å². The molecule has 0 amide bonds. The van der Waals surface area contributed by atoms with Gasteiger partial charge in [-0.25, -0.2) is 9.50 Å². The second-order valence-corrected chi connectivity index (χ2v) is 2.29. The van der Waals surface area contributed by atoms with Crippen molar-refractivity contribution in [2.75, 3.05) is 0 Å². The van der Waals surface area contributed by atoms with E-state index >= 15 is 0 Å². The average molecular weight is 160 g/mol. The lowest BCUT2D eigenvalue weighted by Crippen LogP contribution is -1.83. The van der Waals surface area contributed by atoms with Gasteiger partial charge in [-0.2, -0.15) is 0 Å². The molecule has 1 nitrogen and oxygen atoms in total. The minimum Gasteiger partial charge on any atom is -0.232 e. The minimum absolute atomic E-state index is 0.204. The molecule has 0 atom stereocenters. The van der Waals surface area contributed by atoms with Gasteiger partial charge >= 0.3 is 0 Å². The van der Waals surface area contributed by atoms with Crippen LogP contribution in [0.25, 0.3) is 0 Å². The van der Waals surface area contributed by atoms with Crippen LogP contribution in [-0.2, 0) is 11.7 Å². The Morgan fingerprint density at radius 2 is 2.20 bits per heavy atom. The SMILES string of the molecule is [O]Cc1ccc(F)cc1Cl. The summed E-state index contributed by atoms with van der Waals surface area (Å²) in [7, 11) is 0. The van der Waals surface area contributed by atoms with Crippen LogP contribution in [0, 0.1) is 5.82 Å². The Hall–Kier alpha value is -0.600. The van der Waals surface area contributed by atoms with Crippen molar-refractivity contribution in [2.24, 2.45) is 0 Å². The largest absolute Gasteiger partial charge is 0.232 e. The Balaban J connectivity index is 3.07. The zero-order chi connectivity index (χ0) is 7.56. The highest BCUT2D eigenvalue weighted by atomic mass is 35.5. The summed E-state index contributed by atoms with van der Waals surface area (Å²) in [4.78, 5) is 0. The van der Waals surface area contributed by atoms with Gasteiger partial charge in [-0.3, -0.25) is 0 Å². The molecule has 0 unspecified atom stereocenters. The van der Waals surface area contributed by atoms with Crippen molar-refractivity contribution in [3.05, 3.63) is 34.6 Å². The maximum absolute atomic E-state index is 12.3. The summed E-state index contributed by atoms with van der Waals surface area (Å²) in [6.07, 6.45) is 0. The molecule has 0 saturated carbocycles. The van der Waals surface area contributed by atoms with Crippen molar-refractivity contribution < 1.29 is 9.50 Å². The van der Waals surface area contributed by atoms with Crippen LogP contribution >= 0.6 is 11.6 Å². The van der Waals surface area contributed by atoms with Crippen LogP contribution in [0.4, 0.5) is 4.39 Å². The molecule has 0 aromatic heterocycles. The maximum Gasteiger partial charge on any atom is 0.124 e. The average Bonchev–Trinajstić information content (AvgIpc) is 1.88. The fourth-order valence-corrected chi connectivity index (χ4v) is 0.861. The van der Waals surface area contributed by atoms with E-state index in [1.54, 1.807) is 0 Å². The number of rotatable bonds is 1. The molecule has 1 radical (unpaired) electrons. The number of hydrogen-bond acceptors (Lipinski definition) is 0.